The average molecular weight is 936 g/mol. The summed E-state index contributed by atoms with van der Waals surface area (Å²) in [6.07, 6.45) is -6.70. The van der Waals surface area contributed by atoms with Crippen LogP contribution in [0.5, 0.6) is 0 Å². The van der Waals surface area contributed by atoms with Crippen LogP contribution in [0.3, 0.4) is 0 Å². The summed E-state index contributed by atoms with van der Waals surface area (Å²) in [6, 6.07) is 0.00664. The third-order valence-electron chi connectivity index (χ3n) is 12.2. The minimum atomic E-state index is -1.46. The van der Waals surface area contributed by atoms with Gasteiger partial charge in [-0.15, -0.1) is 0 Å². The van der Waals surface area contributed by atoms with Gasteiger partial charge in [-0.1, -0.05) is 54.5 Å². The lowest BCUT2D eigenvalue weighted by atomic mass is 9.79. The molecule has 0 bridgehead atoms. The Kier molecular flexibility index (Phi) is 18.5. The van der Waals surface area contributed by atoms with Crippen LogP contribution in [0, 0.1) is 35.5 Å². The van der Waals surface area contributed by atoms with Crippen LogP contribution in [0.4, 0.5) is 4.79 Å². The van der Waals surface area contributed by atoms with E-state index in [0.717, 1.165) is 23.8 Å². The number of carbonyl (C=O) groups is 6. The third-order valence-corrected chi connectivity index (χ3v) is 12.2. The van der Waals surface area contributed by atoms with Crippen LogP contribution >= 0.6 is 0 Å². The van der Waals surface area contributed by atoms with Crippen LogP contribution in [-0.4, -0.2) is 112 Å². The maximum absolute atomic E-state index is 13.9. The number of aromatic nitrogens is 2. The zero-order valence-corrected chi connectivity index (χ0v) is 40.5. The second-order valence-electron chi connectivity index (χ2n) is 19.1. The molecule has 0 saturated carbocycles. The largest absolute Gasteiger partial charge is 0.463 e. The topological polar surface area (TPSA) is 242 Å². The maximum Gasteiger partial charge on any atom is 0.425 e. The molecule has 1 aromatic heterocycles. The molecule has 1 aromatic rings. The van der Waals surface area contributed by atoms with E-state index in [4.69, 9.17) is 42.6 Å². The van der Waals surface area contributed by atoms with E-state index in [1.54, 1.807) is 40.7 Å². The molecule has 0 spiro atoms. The van der Waals surface area contributed by atoms with Gasteiger partial charge in [0.25, 0.3) is 5.56 Å². The molecule has 3 aliphatic heterocycles. The van der Waals surface area contributed by atoms with Crippen molar-refractivity contribution in [1.29, 1.82) is 0 Å². The number of carbonyl (C=O) groups excluding carboxylic acids is 6. The Morgan fingerprint density at radius 3 is 1.97 bits per heavy atom. The Bertz CT molecular complexity index is 2060. The first-order valence-corrected chi connectivity index (χ1v) is 22.5. The summed E-state index contributed by atoms with van der Waals surface area (Å²) in [5.74, 6) is -4.64. The lowest BCUT2D eigenvalue weighted by Gasteiger charge is -2.49. The van der Waals surface area contributed by atoms with Crippen molar-refractivity contribution in [1.82, 2.24) is 14.5 Å². The molecule has 0 aromatic carbocycles. The molecule has 370 valence electrons. The second-order valence-corrected chi connectivity index (χ2v) is 19.1. The summed E-state index contributed by atoms with van der Waals surface area (Å²) in [7, 11) is 0. The van der Waals surface area contributed by atoms with Gasteiger partial charge in [0, 0.05) is 64.1 Å². The zero-order valence-electron chi connectivity index (χ0n) is 40.5. The smallest absolute Gasteiger partial charge is 0.425 e. The van der Waals surface area contributed by atoms with Crippen LogP contribution in [0.25, 0.3) is 0 Å². The number of amides is 1. The van der Waals surface area contributed by atoms with Crippen molar-refractivity contribution in [2.45, 2.75) is 177 Å². The Morgan fingerprint density at radius 1 is 0.773 bits per heavy atom. The van der Waals surface area contributed by atoms with Crippen molar-refractivity contribution in [2.75, 3.05) is 6.61 Å². The molecule has 4 rings (SSSR count). The number of rotatable bonds is 15. The van der Waals surface area contributed by atoms with E-state index in [1.807, 2.05) is 34.6 Å². The lowest BCUT2D eigenvalue weighted by Crippen LogP contribution is -2.63. The number of nitrogens with zero attached hydrogens (tertiary/aromatic N) is 2. The molecule has 3 fully saturated rings. The van der Waals surface area contributed by atoms with Crippen LogP contribution in [0.2, 0.25) is 0 Å². The van der Waals surface area contributed by atoms with Gasteiger partial charge in [-0.3, -0.25) is 33.3 Å². The van der Waals surface area contributed by atoms with Crippen molar-refractivity contribution >= 4 is 35.9 Å². The fraction of sp³-hybridized carbons (Fsp3) is 0.739. The first kappa shape index (κ1) is 53.7. The third kappa shape index (κ3) is 13.8. The minimum absolute atomic E-state index is 0.00495. The van der Waals surface area contributed by atoms with Crippen molar-refractivity contribution in [3.05, 3.63) is 45.3 Å². The van der Waals surface area contributed by atoms with E-state index in [2.05, 4.69) is 5.32 Å². The molecule has 1 N–H and O–H groups in total. The van der Waals surface area contributed by atoms with E-state index in [-0.39, 0.29) is 41.3 Å². The number of nitrogens with one attached hydrogen (secondary N) is 1. The monoisotopic (exact) mass is 935 g/mol. The number of ether oxygens (including phenoxy) is 9. The highest BCUT2D eigenvalue weighted by atomic mass is 16.8. The molecule has 0 aliphatic carbocycles. The predicted molar refractivity (Wildman–Crippen MR) is 233 cm³/mol. The SMILES string of the molecule is CC(=O)OC[C@@H]1O[C@H](O[C@@H]2O[C@H](C[C@@H](OC(C)=O)[C@H]3O[C@@H](n4ccc(=O)n(C(=O)OC(C)(C)C)c4=O)[C@H](OC(C)=O)[C@@H]3C)C(OC(C)=O)C(C)[C@H]2NC(=O)C=CCC(C)C)C(C)C(C)[C@@H]1C. The van der Waals surface area contributed by atoms with E-state index in [9.17, 15) is 38.4 Å². The summed E-state index contributed by atoms with van der Waals surface area (Å²) in [6.45, 7) is 22.9. The predicted octanol–water partition coefficient (Wildman–Crippen LogP) is 4.17. The van der Waals surface area contributed by atoms with Gasteiger partial charge in [0.15, 0.2) is 24.9 Å². The van der Waals surface area contributed by atoms with Crippen LogP contribution < -0.4 is 16.6 Å². The summed E-state index contributed by atoms with van der Waals surface area (Å²) >= 11 is 0. The Balaban J connectivity index is 1.78. The quantitative estimate of drug-likeness (QED) is 0.147. The molecule has 4 unspecified atom stereocenters. The second kappa shape index (κ2) is 22.7. The maximum atomic E-state index is 13.9. The van der Waals surface area contributed by atoms with Crippen LogP contribution in [-0.2, 0) is 66.6 Å². The molecular weight excluding hydrogens is 867 g/mol. The molecular formula is C46H69N3O17. The van der Waals surface area contributed by atoms with E-state index < -0.39 is 126 Å². The highest BCUT2D eigenvalue weighted by molar-refractivity contribution is 5.87. The normalized spacial score (nSPS) is 31.7. The Hall–Kier alpha value is -4.92. The first-order chi connectivity index (χ1) is 30.7. The highest BCUT2D eigenvalue weighted by Gasteiger charge is 2.54. The van der Waals surface area contributed by atoms with Gasteiger partial charge in [0.2, 0.25) is 5.91 Å². The van der Waals surface area contributed by atoms with E-state index in [1.165, 1.54) is 26.8 Å². The highest BCUT2D eigenvalue weighted by Crippen LogP contribution is 2.42. The van der Waals surface area contributed by atoms with Gasteiger partial charge in [0.1, 0.15) is 36.6 Å². The molecule has 0 radical (unpaired) electrons. The molecule has 1 amide bonds. The van der Waals surface area contributed by atoms with E-state index in [0.29, 0.717) is 6.42 Å². The van der Waals surface area contributed by atoms with Gasteiger partial charge < -0.3 is 47.9 Å². The fourth-order valence-electron chi connectivity index (χ4n) is 8.50. The number of esters is 4. The van der Waals surface area contributed by atoms with Crippen molar-refractivity contribution in [2.24, 2.45) is 35.5 Å². The lowest BCUT2D eigenvalue weighted by molar-refractivity contribution is -0.341. The van der Waals surface area contributed by atoms with Crippen molar-refractivity contribution in [3.63, 3.8) is 0 Å². The van der Waals surface area contributed by atoms with Crippen LogP contribution in [0.15, 0.2) is 34.0 Å². The number of hydrogen-bond donors (Lipinski definition) is 1. The van der Waals surface area contributed by atoms with Crippen molar-refractivity contribution < 1.29 is 71.4 Å². The number of allylic oxidation sites excluding steroid dienone is 1. The van der Waals surface area contributed by atoms with Gasteiger partial charge in [0.05, 0.1) is 12.1 Å². The van der Waals surface area contributed by atoms with Crippen molar-refractivity contribution in [3.8, 4) is 0 Å². The molecule has 66 heavy (non-hydrogen) atoms. The van der Waals surface area contributed by atoms with Gasteiger partial charge in [-0.05, 0) is 51.0 Å². The van der Waals surface area contributed by atoms with Gasteiger partial charge in [-0.25, -0.2) is 9.59 Å². The van der Waals surface area contributed by atoms with Gasteiger partial charge in [-0.2, -0.15) is 4.57 Å². The molecule has 3 saturated heterocycles. The zero-order chi connectivity index (χ0) is 49.5. The molecule has 20 nitrogen and oxygen atoms in total. The minimum Gasteiger partial charge on any atom is -0.463 e. The van der Waals surface area contributed by atoms with E-state index >= 15 is 0 Å². The van der Waals surface area contributed by atoms with Gasteiger partial charge >= 0.3 is 35.7 Å². The Labute approximate surface area is 385 Å². The standard InChI is InChI=1S/C46H69N3O17/c1-22(2)16-15-17-35(54)47-37-26(6)38(60-30(10)52)33(62-43(37)65-42-25(5)23(3)24(4)34(63-42)21-58-28(8)50)20-32(59-29(9)51)39-27(7)40(61-31(11)53)41(64-39)48-19-18-36(55)49(44(48)56)45(57)66-46(12,13)14/h15,17-19,22-27,32-34,37-43H,16,20-21H2,1-14H3,(H,47,54)/t23?,24-,25?,26?,27+,32+,33+,34-,37+,38?,39-,40+,41+,42+,43-/m0/s1. The van der Waals surface area contributed by atoms with Crippen LogP contribution in [0.1, 0.15) is 116 Å². The molecule has 15 atom stereocenters. The summed E-state index contributed by atoms with van der Waals surface area (Å²) in [4.78, 5) is 103. The molecule has 4 heterocycles. The summed E-state index contributed by atoms with van der Waals surface area (Å²) in [5, 5.41) is 2.98. The first-order valence-electron chi connectivity index (χ1n) is 22.5. The summed E-state index contributed by atoms with van der Waals surface area (Å²) in [5.41, 5.74) is -3.20. The average Bonchev–Trinajstić information content (AvgIpc) is 3.50. The fourth-order valence-corrected chi connectivity index (χ4v) is 8.50. The molecule has 3 aliphatic rings. The Morgan fingerprint density at radius 2 is 1.39 bits per heavy atom. The number of hydrogen-bond acceptors (Lipinski definition) is 17. The molecule has 20 heteroatoms. The summed E-state index contributed by atoms with van der Waals surface area (Å²) < 4.78 is 55.7.